The number of nitrogens with zero attached hydrogens (tertiary/aromatic N) is 2. The zero-order valence-corrected chi connectivity index (χ0v) is 11.9. The zero-order chi connectivity index (χ0) is 13.8. The van der Waals surface area contributed by atoms with Crippen molar-refractivity contribution >= 4 is 10.2 Å². The van der Waals surface area contributed by atoms with Gasteiger partial charge >= 0.3 is 0 Å². The SMILES string of the molecule is C=CCN(CC=C)S(=O)(=O)N1C[C@@H](C)O[C@@H](C)C1. The van der Waals surface area contributed by atoms with Crippen LogP contribution in [0.3, 0.4) is 0 Å². The third kappa shape index (κ3) is 3.65. The lowest BCUT2D eigenvalue weighted by Gasteiger charge is -2.36. The fraction of sp³-hybridized carbons (Fsp3) is 0.667. The lowest BCUT2D eigenvalue weighted by Crippen LogP contribution is -2.53. The highest BCUT2D eigenvalue weighted by Crippen LogP contribution is 2.17. The van der Waals surface area contributed by atoms with Gasteiger partial charge in [0.15, 0.2) is 0 Å². The van der Waals surface area contributed by atoms with Gasteiger partial charge in [0, 0.05) is 26.2 Å². The molecule has 0 unspecified atom stereocenters. The van der Waals surface area contributed by atoms with Crippen LogP contribution in [-0.4, -0.2) is 55.4 Å². The Balaban J connectivity index is 2.88. The van der Waals surface area contributed by atoms with Crippen LogP contribution < -0.4 is 0 Å². The molecule has 5 nitrogen and oxygen atoms in total. The van der Waals surface area contributed by atoms with E-state index in [-0.39, 0.29) is 25.3 Å². The zero-order valence-electron chi connectivity index (χ0n) is 11.1. The molecule has 0 aromatic rings. The minimum atomic E-state index is -3.47. The summed E-state index contributed by atoms with van der Waals surface area (Å²) in [5.41, 5.74) is 0. The number of morpholine rings is 1. The fourth-order valence-corrected chi connectivity index (χ4v) is 3.74. The van der Waals surface area contributed by atoms with Gasteiger partial charge in [-0.05, 0) is 13.8 Å². The van der Waals surface area contributed by atoms with Gasteiger partial charge in [0.1, 0.15) is 0 Å². The van der Waals surface area contributed by atoms with Crippen molar-refractivity contribution in [3.05, 3.63) is 25.3 Å². The maximum Gasteiger partial charge on any atom is 0.282 e. The first kappa shape index (κ1) is 15.4. The van der Waals surface area contributed by atoms with E-state index < -0.39 is 10.2 Å². The van der Waals surface area contributed by atoms with E-state index in [1.807, 2.05) is 13.8 Å². The third-order valence-corrected chi connectivity index (χ3v) is 4.61. The van der Waals surface area contributed by atoms with Crippen molar-refractivity contribution in [3.8, 4) is 0 Å². The van der Waals surface area contributed by atoms with E-state index in [1.165, 1.54) is 8.61 Å². The molecule has 0 spiro atoms. The molecule has 1 saturated heterocycles. The number of ether oxygens (including phenoxy) is 1. The Labute approximate surface area is 110 Å². The molecular weight excluding hydrogens is 252 g/mol. The Kier molecular flexibility index (Phi) is 5.52. The highest BCUT2D eigenvalue weighted by molar-refractivity contribution is 7.86. The third-order valence-electron chi connectivity index (χ3n) is 2.70. The van der Waals surface area contributed by atoms with Gasteiger partial charge in [0.05, 0.1) is 12.2 Å². The molecule has 1 rings (SSSR count). The first-order valence-corrected chi connectivity index (χ1v) is 7.44. The molecule has 104 valence electrons. The molecule has 0 amide bonds. The van der Waals surface area contributed by atoms with Crippen LogP contribution in [0.25, 0.3) is 0 Å². The van der Waals surface area contributed by atoms with Crippen molar-refractivity contribution in [3.63, 3.8) is 0 Å². The molecule has 1 fully saturated rings. The fourth-order valence-electron chi connectivity index (χ4n) is 2.03. The summed E-state index contributed by atoms with van der Waals surface area (Å²) in [5.74, 6) is 0. The van der Waals surface area contributed by atoms with Crippen molar-refractivity contribution < 1.29 is 13.2 Å². The molecule has 0 saturated carbocycles. The van der Waals surface area contributed by atoms with E-state index in [0.29, 0.717) is 13.1 Å². The lowest BCUT2D eigenvalue weighted by molar-refractivity contribution is -0.0453. The first-order chi connectivity index (χ1) is 8.41. The Morgan fingerprint density at radius 2 is 1.67 bits per heavy atom. The second-order valence-corrected chi connectivity index (χ2v) is 6.40. The van der Waals surface area contributed by atoms with Crippen molar-refractivity contribution in [2.75, 3.05) is 26.2 Å². The van der Waals surface area contributed by atoms with E-state index in [4.69, 9.17) is 4.74 Å². The lowest BCUT2D eigenvalue weighted by atomic mass is 10.3. The number of hydrogen-bond donors (Lipinski definition) is 0. The summed E-state index contributed by atoms with van der Waals surface area (Å²) in [6.07, 6.45) is 2.98. The van der Waals surface area contributed by atoms with Crippen molar-refractivity contribution in [2.45, 2.75) is 26.1 Å². The molecule has 0 aromatic heterocycles. The maximum atomic E-state index is 12.5. The second-order valence-electron chi connectivity index (χ2n) is 4.48. The van der Waals surface area contributed by atoms with E-state index in [2.05, 4.69) is 13.2 Å². The Bertz CT molecular complexity index is 374. The average molecular weight is 274 g/mol. The van der Waals surface area contributed by atoms with Gasteiger partial charge in [0.25, 0.3) is 10.2 Å². The Morgan fingerprint density at radius 1 is 1.22 bits per heavy atom. The second kappa shape index (κ2) is 6.47. The summed E-state index contributed by atoms with van der Waals surface area (Å²) >= 11 is 0. The largest absolute Gasteiger partial charge is 0.373 e. The summed E-state index contributed by atoms with van der Waals surface area (Å²) in [4.78, 5) is 0. The normalized spacial score (nSPS) is 26.2. The average Bonchev–Trinajstić information content (AvgIpc) is 2.27. The van der Waals surface area contributed by atoms with Gasteiger partial charge in [-0.15, -0.1) is 13.2 Å². The van der Waals surface area contributed by atoms with Crippen molar-refractivity contribution in [2.24, 2.45) is 0 Å². The van der Waals surface area contributed by atoms with Crippen LogP contribution in [0.15, 0.2) is 25.3 Å². The molecule has 18 heavy (non-hydrogen) atoms. The summed E-state index contributed by atoms with van der Waals surface area (Å²) < 4.78 is 33.3. The molecule has 6 heteroatoms. The van der Waals surface area contributed by atoms with E-state index in [1.54, 1.807) is 12.2 Å². The molecule has 0 radical (unpaired) electrons. The van der Waals surface area contributed by atoms with E-state index >= 15 is 0 Å². The van der Waals surface area contributed by atoms with Crippen molar-refractivity contribution in [1.29, 1.82) is 0 Å². The molecule has 1 aliphatic heterocycles. The van der Waals surface area contributed by atoms with E-state index in [9.17, 15) is 8.42 Å². The predicted octanol–water partition coefficient (Wildman–Crippen LogP) is 1.01. The van der Waals surface area contributed by atoms with Crippen LogP contribution in [-0.2, 0) is 14.9 Å². The smallest absolute Gasteiger partial charge is 0.282 e. The molecule has 0 aliphatic carbocycles. The van der Waals surface area contributed by atoms with E-state index in [0.717, 1.165) is 0 Å². The molecule has 1 aliphatic rings. The van der Waals surface area contributed by atoms with Gasteiger partial charge in [-0.3, -0.25) is 0 Å². The van der Waals surface area contributed by atoms with Crippen LogP contribution in [0, 0.1) is 0 Å². The maximum absolute atomic E-state index is 12.5. The summed E-state index contributed by atoms with van der Waals surface area (Å²) in [5, 5.41) is 0. The van der Waals surface area contributed by atoms with Crippen LogP contribution in [0.5, 0.6) is 0 Å². The predicted molar refractivity (Wildman–Crippen MR) is 72.5 cm³/mol. The van der Waals surface area contributed by atoms with Crippen LogP contribution in [0.4, 0.5) is 0 Å². The quantitative estimate of drug-likeness (QED) is 0.679. The minimum absolute atomic E-state index is 0.0853. The Hall–Kier alpha value is -0.690. The molecule has 2 atom stereocenters. The van der Waals surface area contributed by atoms with Crippen LogP contribution in [0.1, 0.15) is 13.8 Å². The van der Waals surface area contributed by atoms with Crippen LogP contribution >= 0.6 is 0 Å². The van der Waals surface area contributed by atoms with Gasteiger partial charge in [-0.25, -0.2) is 0 Å². The molecule has 0 bridgehead atoms. The molecule has 0 N–H and O–H groups in total. The van der Waals surface area contributed by atoms with Gasteiger partial charge in [-0.2, -0.15) is 17.0 Å². The van der Waals surface area contributed by atoms with Gasteiger partial charge in [0.2, 0.25) is 0 Å². The molecule has 1 heterocycles. The van der Waals surface area contributed by atoms with Crippen LogP contribution in [0.2, 0.25) is 0 Å². The van der Waals surface area contributed by atoms with Gasteiger partial charge < -0.3 is 4.74 Å². The highest BCUT2D eigenvalue weighted by atomic mass is 32.2. The minimum Gasteiger partial charge on any atom is -0.373 e. The van der Waals surface area contributed by atoms with Gasteiger partial charge in [-0.1, -0.05) is 12.2 Å². The molecular formula is C12H22N2O3S. The summed E-state index contributed by atoms with van der Waals surface area (Å²) in [6.45, 7) is 12.3. The number of rotatable bonds is 6. The summed E-state index contributed by atoms with van der Waals surface area (Å²) in [6, 6.07) is 0. The van der Waals surface area contributed by atoms with Crippen molar-refractivity contribution in [1.82, 2.24) is 8.61 Å². The monoisotopic (exact) mass is 274 g/mol. The highest BCUT2D eigenvalue weighted by Gasteiger charge is 2.34. The topological polar surface area (TPSA) is 49.9 Å². The Morgan fingerprint density at radius 3 is 2.06 bits per heavy atom. The number of hydrogen-bond acceptors (Lipinski definition) is 3. The first-order valence-electron chi connectivity index (χ1n) is 6.04. The molecule has 0 aromatic carbocycles. The summed E-state index contributed by atoms with van der Waals surface area (Å²) in [7, 11) is -3.47. The standard InChI is InChI=1S/C12H22N2O3S/c1-5-7-13(8-6-2)18(15,16)14-9-11(3)17-12(4)10-14/h5-6,11-12H,1-2,7-10H2,3-4H3/t11-,12+.